The van der Waals surface area contributed by atoms with E-state index in [4.69, 9.17) is 11.5 Å². The van der Waals surface area contributed by atoms with Crippen molar-refractivity contribution in [2.75, 3.05) is 5.73 Å². The Bertz CT molecular complexity index is 876. The molecule has 2 rings (SSSR count). The predicted octanol–water partition coefficient (Wildman–Crippen LogP) is 1.66. The molecule has 162 valence electrons. The first-order valence-corrected chi connectivity index (χ1v) is 9.69. The summed E-state index contributed by atoms with van der Waals surface area (Å²) in [6, 6.07) is 4.85. The number of hydrogen-bond donors (Lipinski definition) is 4. The molecule has 3 atom stereocenters. The Hall–Kier alpha value is -3.07. The van der Waals surface area contributed by atoms with Crippen LogP contribution in [0.4, 0.5) is 14.6 Å². The van der Waals surface area contributed by atoms with Crippen molar-refractivity contribution in [2.45, 2.75) is 45.3 Å². The zero-order valence-corrected chi connectivity index (χ0v) is 17.0. The standard InChI is InChI=1S/C21H27F2N5O2/c1-3-12(2)19(25)21(30)28-17(9-13-4-6-15(22)16(23)8-13)20(29)27-11-14-5-7-18(24)26-10-14/h4-8,10,12,17,19H,3,9,11,25H2,1-2H3,(H2,24,26)(H,27,29)(H,28,30)/t12?,17-,19+/m1/s1. The summed E-state index contributed by atoms with van der Waals surface area (Å²) in [5, 5.41) is 5.34. The van der Waals surface area contributed by atoms with Crippen LogP contribution in [0.25, 0.3) is 0 Å². The second-order valence-corrected chi connectivity index (χ2v) is 7.23. The molecule has 0 aliphatic heterocycles. The Labute approximate surface area is 174 Å². The molecule has 9 heteroatoms. The predicted molar refractivity (Wildman–Crippen MR) is 110 cm³/mol. The van der Waals surface area contributed by atoms with Crippen LogP contribution in [0.2, 0.25) is 0 Å². The number of carbonyl (C=O) groups is 2. The van der Waals surface area contributed by atoms with Gasteiger partial charge in [-0.15, -0.1) is 0 Å². The lowest BCUT2D eigenvalue weighted by molar-refractivity contribution is -0.130. The number of amides is 2. The van der Waals surface area contributed by atoms with Gasteiger partial charge in [-0.25, -0.2) is 13.8 Å². The summed E-state index contributed by atoms with van der Waals surface area (Å²) in [4.78, 5) is 29.2. The minimum absolute atomic E-state index is 0.0258. The summed E-state index contributed by atoms with van der Waals surface area (Å²) in [7, 11) is 0. The van der Waals surface area contributed by atoms with Gasteiger partial charge in [0.05, 0.1) is 6.04 Å². The quantitative estimate of drug-likeness (QED) is 0.492. The van der Waals surface area contributed by atoms with E-state index in [1.54, 1.807) is 12.1 Å². The Balaban J connectivity index is 2.13. The average Bonchev–Trinajstić information content (AvgIpc) is 2.73. The van der Waals surface area contributed by atoms with Crippen molar-refractivity contribution in [3.63, 3.8) is 0 Å². The van der Waals surface area contributed by atoms with Crippen LogP contribution >= 0.6 is 0 Å². The number of pyridine rings is 1. The van der Waals surface area contributed by atoms with E-state index in [2.05, 4.69) is 15.6 Å². The minimum Gasteiger partial charge on any atom is -0.384 e. The molecule has 1 aromatic carbocycles. The zero-order valence-electron chi connectivity index (χ0n) is 17.0. The van der Waals surface area contributed by atoms with Crippen LogP contribution in [0.15, 0.2) is 36.5 Å². The second kappa shape index (κ2) is 10.6. The zero-order chi connectivity index (χ0) is 22.3. The van der Waals surface area contributed by atoms with Crippen molar-refractivity contribution in [2.24, 2.45) is 11.7 Å². The van der Waals surface area contributed by atoms with Crippen molar-refractivity contribution in [1.29, 1.82) is 0 Å². The smallest absolute Gasteiger partial charge is 0.243 e. The number of anilines is 1. The number of carbonyl (C=O) groups excluding carboxylic acids is 2. The summed E-state index contributed by atoms with van der Waals surface area (Å²) in [6.45, 7) is 3.90. The Kier molecular flexibility index (Phi) is 8.23. The van der Waals surface area contributed by atoms with E-state index < -0.39 is 35.5 Å². The summed E-state index contributed by atoms with van der Waals surface area (Å²) < 4.78 is 26.8. The number of nitrogens with zero attached hydrogens (tertiary/aromatic N) is 1. The molecule has 2 aromatic rings. The van der Waals surface area contributed by atoms with Gasteiger partial charge in [0.25, 0.3) is 0 Å². The van der Waals surface area contributed by atoms with Gasteiger partial charge in [-0.1, -0.05) is 32.4 Å². The number of nitrogens with two attached hydrogens (primary N) is 2. The summed E-state index contributed by atoms with van der Waals surface area (Å²) in [5.74, 6) is -2.71. The normalized spacial score (nSPS) is 13.9. The second-order valence-electron chi connectivity index (χ2n) is 7.23. The van der Waals surface area contributed by atoms with Gasteiger partial charge in [0, 0.05) is 19.2 Å². The highest BCUT2D eigenvalue weighted by Gasteiger charge is 2.26. The lowest BCUT2D eigenvalue weighted by Gasteiger charge is -2.23. The monoisotopic (exact) mass is 419 g/mol. The first kappa shape index (κ1) is 23.2. The number of nitrogens with one attached hydrogen (secondary N) is 2. The Morgan fingerprint density at radius 1 is 1.10 bits per heavy atom. The Morgan fingerprint density at radius 3 is 2.40 bits per heavy atom. The van der Waals surface area contributed by atoms with E-state index in [9.17, 15) is 18.4 Å². The fraction of sp³-hybridized carbons (Fsp3) is 0.381. The number of nitrogen functional groups attached to an aromatic ring is 1. The molecule has 1 unspecified atom stereocenters. The van der Waals surface area contributed by atoms with Crippen LogP contribution in [0, 0.1) is 17.6 Å². The number of aromatic nitrogens is 1. The van der Waals surface area contributed by atoms with Crippen LogP contribution in [-0.4, -0.2) is 28.9 Å². The maximum absolute atomic E-state index is 13.6. The van der Waals surface area contributed by atoms with Gasteiger partial charge < -0.3 is 22.1 Å². The minimum atomic E-state index is -1.03. The van der Waals surface area contributed by atoms with Crippen LogP contribution in [0.1, 0.15) is 31.4 Å². The molecular formula is C21H27F2N5O2. The van der Waals surface area contributed by atoms with Gasteiger partial charge in [-0.05, 0) is 35.2 Å². The fourth-order valence-electron chi connectivity index (χ4n) is 2.74. The topological polar surface area (TPSA) is 123 Å². The molecule has 0 fully saturated rings. The van der Waals surface area contributed by atoms with Crippen molar-refractivity contribution in [3.8, 4) is 0 Å². The number of benzene rings is 1. The van der Waals surface area contributed by atoms with E-state index in [0.717, 1.165) is 12.1 Å². The Morgan fingerprint density at radius 2 is 1.80 bits per heavy atom. The number of halogens is 2. The average molecular weight is 419 g/mol. The van der Waals surface area contributed by atoms with Crippen LogP contribution < -0.4 is 22.1 Å². The van der Waals surface area contributed by atoms with Gasteiger partial charge in [-0.2, -0.15) is 0 Å². The van der Waals surface area contributed by atoms with Gasteiger partial charge in [0.1, 0.15) is 11.9 Å². The SMILES string of the molecule is CCC(C)[C@H](N)C(=O)N[C@H](Cc1ccc(F)c(F)c1)C(=O)NCc1ccc(N)nc1. The molecule has 30 heavy (non-hydrogen) atoms. The molecular weight excluding hydrogens is 392 g/mol. The third-order valence-corrected chi connectivity index (χ3v) is 4.93. The van der Waals surface area contributed by atoms with Crippen LogP contribution in [0.3, 0.4) is 0 Å². The number of rotatable bonds is 9. The molecule has 7 nitrogen and oxygen atoms in total. The molecule has 1 heterocycles. The summed E-state index contributed by atoms with van der Waals surface area (Å²) in [6.07, 6.45) is 2.19. The van der Waals surface area contributed by atoms with E-state index >= 15 is 0 Å². The molecule has 0 radical (unpaired) electrons. The molecule has 0 saturated heterocycles. The van der Waals surface area contributed by atoms with Gasteiger partial charge in [0.2, 0.25) is 11.8 Å². The molecule has 0 aliphatic rings. The molecule has 1 aromatic heterocycles. The highest BCUT2D eigenvalue weighted by molar-refractivity contribution is 5.90. The van der Waals surface area contributed by atoms with Crippen molar-refractivity contribution >= 4 is 17.6 Å². The van der Waals surface area contributed by atoms with E-state index in [-0.39, 0.29) is 18.9 Å². The van der Waals surface area contributed by atoms with Gasteiger partial charge >= 0.3 is 0 Å². The first-order chi connectivity index (χ1) is 14.2. The maximum atomic E-state index is 13.6. The molecule has 6 N–H and O–H groups in total. The van der Waals surface area contributed by atoms with Crippen LogP contribution in [0.5, 0.6) is 0 Å². The highest BCUT2D eigenvalue weighted by Crippen LogP contribution is 2.12. The van der Waals surface area contributed by atoms with Crippen molar-refractivity contribution in [3.05, 3.63) is 59.3 Å². The molecule has 2 amide bonds. The maximum Gasteiger partial charge on any atom is 0.243 e. The van der Waals surface area contributed by atoms with Crippen molar-refractivity contribution in [1.82, 2.24) is 15.6 Å². The van der Waals surface area contributed by atoms with Gasteiger partial charge in [-0.3, -0.25) is 9.59 Å². The lowest BCUT2D eigenvalue weighted by atomic mass is 9.98. The van der Waals surface area contributed by atoms with Gasteiger partial charge in [0.15, 0.2) is 11.6 Å². The van der Waals surface area contributed by atoms with Crippen molar-refractivity contribution < 1.29 is 18.4 Å². The molecule has 0 saturated carbocycles. The third-order valence-electron chi connectivity index (χ3n) is 4.93. The molecule has 0 bridgehead atoms. The number of hydrogen-bond acceptors (Lipinski definition) is 5. The fourth-order valence-corrected chi connectivity index (χ4v) is 2.74. The summed E-state index contributed by atoms with van der Waals surface area (Å²) >= 11 is 0. The van der Waals surface area contributed by atoms with E-state index in [0.29, 0.717) is 23.4 Å². The van der Waals surface area contributed by atoms with E-state index in [1.165, 1.54) is 12.3 Å². The summed E-state index contributed by atoms with van der Waals surface area (Å²) in [5.41, 5.74) is 12.6. The molecule has 0 aliphatic carbocycles. The molecule has 0 spiro atoms. The third kappa shape index (κ3) is 6.48. The lowest BCUT2D eigenvalue weighted by Crippen LogP contribution is -2.53. The van der Waals surface area contributed by atoms with E-state index in [1.807, 2.05) is 13.8 Å². The highest BCUT2D eigenvalue weighted by atomic mass is 19.2. The van der Waals surface area contributed by atoms with Crippen LogP contribution in [-0.2, 0) is 22.6 Å². The first-order valence-electron chi connectivity index (χ1n) is 9.69. The largest absolute Gasteiger partial charge is 0.384 e.